The van der Waals surface area contributed by atoms with Crippen molar-refractivity contribution in [1.82, 2.24) is 5.32 Å². The highest BCUT2D eigenvalue weighted by molar-refractivity contribution is 5.80. The van der Waals surface area contributed by atoms with Crippen LogP contribution in [0, 0.1) is 29.1 Å². The van der Waals surface area contributed by atoms with Gasteiger partial charge in [-0.05, 0) is 26.2 Å². The Morgan fingerprint density at radius 2 is 2.12 bits per heavy atom. The summed E-state index contributed by atoms with van der Waals surface area (Å²) in [6.45, 7) is 2.07. The van der Waals surface area contributed by atoms with Crippen LogP contribution in [0.3, 0.4) is 0 Å². The minimum Gasteiger partial charge on any atom is -0.481 e. The molecule has 16 heavy (non-hydrogen) atoms. The second-order valence-corrected chi connectivity index (χ2v) is 4.32. The van der Waals surface area contributed by atoms with Gasteiger partial charge in [-0.3, -0.25) is 9.59 Å². The zero-order chi connectivity index (χ0) is 12.1. The third-order valence-corrected chi connectivity index (χ3v) is 2.96. The first-order valence-corrected chi connectivity index (χ1v) is 5.44. The second kappa shape index (κ2) is 5.50. The standard InChI is InChI=1S/C11H16N2O3/c1-7(5-12)6-13-10(14)8-2-3-9(4-8)11(15)16/h7-9H,2-4,6H2,1H3,(H,13,14)(H,15,16). The van der Waals surface area contributed by atoms with E-state index in [0.29, 0.717) is 25.8 Å². The molecule has 0 saturated heterocycles. The van der Waals surface area contributed by atoms with Gasteiger partial charge in [-0.15, -0.1) is 0 Å². The molecule has 0 radical (unpaired) electrons. The molecular weight excluding hydrogens is 208 g/mol. The fourth-order valence-electron chi connectivity index (χ4n) is 1.89. The van der Waals surface area contributed by atoms with Crippen LogP contribution in [-0.4, -0.2) is 23.5 Å². The Kier molecular flexibility index (Phi) is 4.29. The van der Waals surface area contributed by atoms with Crippen molar-refractivity contribution in [2.45, 2.75) is 26.2 Å². The number of nitrogens with zero attached hydrogens (tertiary/aromatic N) is 1. The summed E-state index contributed by atoms with van der Waals surface area (Å²) >= 11 is 0. The minimum atomic E-state index is -0.819. The number of nitriles is 1. The summed E-state index contributed by atoms with van der Waals surface area (Å²) < 4.78 is 0. The van der Waals surface area contributed by atoms with E-state index in [0.717, 1.165) is 0 Å². The highest BCUT2D eigenvalue weighted by atomic mass is 16.4. The molecule has 1 rings (SSSR count). The lowest BCUT2D eigenvalue weighted by atomic mass is 10.0. The van der Waals surface area contributed by atoms with E-state index in [1.54, 1.807) is 6.92 Å². The monoisotopic (exact) mass is 224 g/mol. The van der Waals surface area contributed by atoms with Crippen molar-refractivity contribution in [2.24, 2.45) is 17.8 Å². The molecule has 0 aliphatic heterocycles. The first kappa shape index (κ1) is 12.5. The fourth-order valence-corrected chi connectivity index (χ4v) is 1.89. The van der Waals surface area contributed by atoms with Crippen molar-refractivity contribution in [3.8, 4) is 6.07 Å². The molecule has 0 heterocycles. The Labute approximate surface area is 94.4 Å². The summed E-state index contributed by atoms with van der Waals surface area (Å²) in [7, 11) is 0. The number of hydrogen-bond acceptors (Lipinski definition) is 3. The molecule has 0 spiro atoms. The van der Waals surface area contributed by atoms with Gasteiger partial charge < -0.3 is 10.4 Å². The third-order valence-electron chi connectivity index (χ3n) is 2.96. The van der Waals surface area contributed by atoms with Gasteiger partial charge in [0.25, 0.3) is 0 Å². The topological polar surface area (TPSA) is 90.2 Å². The van der Waals surface area contributed by atoms with Crippen LogP contribution in [0.5, 0.6) is 0 Å². The molecule has 0 aromatic heterocycles. The molecule has 1 amide bonds. The predicted octanol–water partition coefficient (Wildman–Crippen LogP) is 0.763. The normalized spacial score (nSPS) is 25.8. The number of amides is 1. The second-order valence-electron chi connectivity index (χ2n) is 4.32. The number of aliphatic carboxylic acids is 1. The van der Waals surface area contributed by atoms with E-state index >= 15 is 0 Å². The summed E-state index contributed by atoms with van der Waals surface area (Å²) in [5, 5.41) is 20.0. The van der Waals surface area contributed by atoms with Gasteiger partial charge in [-0.25, -0.2) is 0 Å². The number of hydrogen-bond donors (Lipinski definition) is 2. The SMILES string of the molecule is CC(C#N)CNC(=O)C1CCC(C(=O)O)C1. The highest BCUT2D eigenvalue weighted by Gasteiger charge is 2.33. The Hall–Kier alpha value is -1.57. The number of carbonyl (C=O) groups excluding carboxylic acids is 1. The maximum absolute atomic E-state index is 11.6. The van der Waals surface area contributed by atoms with Crippen molar-refractivity contribution >= 4 is 11.9 Å². The van der Waals surface area contributed by atoms with Gasteiger partial charge in [-0.1, -0.05) is 0 Å². The van der Waals surface area contributed by atoms with Crippen molar-refractivity contribution in [1.29, 1.82) is 5.26 Å². The summed E-state index contributed by atoms with van der Waals surface area (Å²) in [6, 6.07) is 2.03. The van der Waals surface area contributed by atoms with E-state index in [-0.39, 0.29) is 23.7 Å². The number of carboxylic acids is 1. The molecule has 5 heteroatoms. The summed E-state index contributed by atoms with van der Waals surface area (Å²) in [4.78, 5) is 22.3. The fraction of sp³-hybridized carbons (Fsp3) is 0.727. The predicted molar refractivity (Wildman–Crippen MR) is 56.3 cm³/mol. The summed E-state index contributed by atoms with van der Waals surface area (Å²) in [5.74, 6) is -1.73. The van der Waals surface area contributed by atoms with Crippen LogP contribution in [0.15, 0.2) is 0 Å². The van der Waals surface area contributed by atoms with Gasteiger partial charge in [0.05, 0.1) is 17.9 Å². The van der Waals surface area contributed by atoms with Crippen molar-refractivity contribution in [3.63, 3.8) is 0 Å². The molecule has 2 N–H and O–H groups in total. The van der Waals surface area contributed by atoms with Gasteiger partial charge in [0.15, 0.2) is 0 Å². The molecule has 1 fully saturated rings. The van der Waals surface area contributed by atoms with Crippen LogP contribution < -0.4 is 5.32 Å². The van der Waals surface area contributed by atoms with Gasteiger partial charge >= 0.3 is 5.97 Å². The van der Waals surface area contributed by atoms with Crippen LogP contribution in [-0.2, 0) is 9.59 Å². The van der Waals surface area contributed by atoms with Crippen LogP contribution in [0.25, 0.3) is 0 Å². The average molecular weight is 224 g/mol. The average Bonchev–Trinajstić information content (AvgIpc) is 2.74. The third kappa shape index (κ3) is 3.23. The Bertz CT molecular complexity index is 322. The molecule has 0 bridgehead atoms. The lowest BCUT2D eigenvalue weighted by Gasteiger charge is -2.11. The van der Waals surface area contributed by atoms with E-state index < -0.39 is 5.97 Å². The summed E-state index contributed by atoms with van der Waals surface area (Å²) in [6.07, 6.45) is 1.62. The van der Waals surface area contributed by atoms with Crippen LogP contribution in [0.2, 0.25) is 0 Å². The van der Waals surface area contributed by atoms with Gasteiger partial charge in [-0.2, -0.15) is 5.26 Å². The molecule has 88 valence electrons. The lowest BCUT2D eigenvalue weighted by Crippen LogP contribution is -2.32. The van der Waals surface area contributed by atoms with E-state index in [1.165, 1.54) is 0 Å². The summed E-state index contributed by atoms with van der Waals surface area (Å²) in [5.41, 5.74) is 0. The van der Waals surface area contributed by atoms with Crippen molar-refractivity contribution in [2.75, 3.05) is 6.54 Å². The molecule has 3 unspecified atom stereocenters. The molecule has 5 nitrogen and oxygen atoms in total. The van der Waals surface area contributed by atoms with E-state index in [1.807, 2.05) is 6.07 Å². The Morgan fingerprint density at radius 3 is 2.62 bits per heavy atom. The minimum absolute atomic E-state index is 0.120. The molecule has 0 aromatic carbocycles. The maximum atomic E-state index is 11.6. The molecule has 0 aromatic rings. The molecule has 1 aliphatic carbocycles. The van der Waals surface area contributed by atoms with Crippen LogP contribution >= 0.6 is 0 Å². The lowest BCUT2D eigenvalue weighted by molar-refractivity contribution is -0.141. The number of carbonyl (C=O) groups is 2. The van der Waals surface area contributed by atoms with Crippen molar-refractivity contribution < 1.29 is 14.7 Å². The van der Waals surface area contributed by atoms with E-state index in [9.17, 15) is 9.59 Å². The zero-order valence-electron chi connectivity index (χ0n) is 9.27. The largest absolute Gasteiger partial charge is 0.481 e. The van der Waals surface area contributed by atoms with Gasteiger partial charge in [0.1, 0.15) is 0 Å². The maximum Gasteiger partial charge on any atom is 0.306 e. The molecule has 3 atom stereocenters. The molecule has 1 aliphatic rings. The quantitative estimate of drug-likeness (QED) is 0.737. The van der Waals surface area contributed by atoms with Crippen LogP contribution in [0.4, 0.5) is 0 Å². The zero-order valence-corrected chi connectivity index (χ0v) is 9.27. The first-order chi connectivity index (χ1) is 7.54. The number of carboxylic acid groups (broad SMARTS) is 1. The molecule has 1 saturated carbocycles. The van der Waals surface area contributed by atoms with Gasteiger partial charge in [0.2, 0.25) is 5.91 Å². The number of nitrogens with one attached hydrogen (secondary N) is 1. The van der Waals surface area contributed by atoms with Crippen LogP contribution in [0.1, 0.15) is 26.2 Å². The van der Waals surface area contributed by atoms with Crippen molar-refractivity contribution in [3.05, 3.63) is 0 Å². The smallest absolute Gasteiger partial charge is 0.306 e. The molecular formula is C11H16N2O3. The van der Waals surface area contributed by atoms with E-state index in [4.69, 9.17) is 10.4 Å². The highest BCUT2D eigenvalue weighted by Crippen LogP contribution is 2.31. The van der Waals surface area contributed by atoms with Gasteiger partial charge in [0, 0.05) is 12.5 Å². The van der Waals surface area contributed by atoms with E-state index in [2.05, 4.69) is 5.32 Å². The first-order valence-electron chi connectivity index (χ1n) is 5.44. The Morgan fingerprint density at radius 1 is 1.50 bits per heavy atom. The number of rotatable bonds is 4. The Balaban J connectivity index is 2.34.